The van der Waals surface area contributed by atoms with Gasteiger partial charge in [-0.3, -0.25) is 19.2 Å². The normalized spacial score (nSPS) is 20.0. The van der Waals surface area contributed by atoms with Crippen LogP contribution in [-0.2, 0) is 22.6 Å². The summed E-state index contributed by atoms with van der Waals surface area (Å²) < 4.78 is 29.0. The van der Waals surface area contributed by atoms with Crippen LogP contribution in [0.3, 0.4) is 0 Å². The number of carbonyl (C=O) groups excluding carboxylic acids is 2. The number of alkyl halides is 2. The Balaban J connectivity index is 0.000000207. The summed E-state index contributed by atoms with van der Waals surface area (Å²) >= 11 is 6.02. The number of amides is 2. The summed E-state index contributed by atoms with van der Waals surface area (Å²) in [6.07, 6.45) is 2.12. The van der Waals surface area contributed by atoms with Gasteiger partial charge < -0.3 is 15.8 Å². The lowest BCUT2D eigenvalue weighted by atomic mass is 9.81. The van der Waals surface area contributed by atoms with Crippen LogP contribution in [0.5, 0.6) is 0 Å². The first-order valence-corrected chi connectivity index (χ1v) is 10.6. The van der Waals surface area contributed by atoms with Gasteiger partial charge in [-0.2, -0.15) is 13.9 Å². The van der Waals surface area contributed by atoms with Gasteiger partial charge in [-0.25, -0.2) is 0 Å². The van der Waals surface area contributed by atoms with E-state index in [2.05, 4.69) is 20.1 Å². The molecule has 2 amide bonds. The van der Waals surface area contributed by atoms with Crippen LogP contribution >= 0.6 is 11.6 Å². The molecule has 2 aromatic rings. The summed E-state index contributed by atoms with van der Waals surface area (Å²) in [6, 6.07) is 7.47. The van der Waals surface area contributed by atoms with Crippen LogP contribution < -0.4 is 11.1 Å². The highest BCUT2D eigenvalue weighted by Gasteiger charge is 2.29. The summed E-state index contributed by atoms with van der Waals surface area (Å²) in [5.41, 5.74) is 8.37. The van der Waals surface area contributed by atoms with Crippen molar-refractivity contribution in [1.82, 2.24) is 20.0 Å². The van der Waals surface area contributed by atoms with Crippen LogP contribution in [-0.4, -0.2) is 59.9 Å². The standard InChI is InChI=1S/C14H15ClN4O.C7H11F2NO2/c1-18-5-6-19-11(8-18)12(14(16)20)13(17-19)9-3-2-4-10(15)7-9;8-7(9)12-3-5-1-6(2-5)10-4-11/h2-4,7H,5-6,8H2,1H3,(H2,16,20);4-7H,1-3H2,(H,10,11). The van der Waals surface area contributed by atoms with E-state index < -0.39 is 12.5 Å². The molecule has 2 aliphatic rings. The third-order valence-corrected chi connectivity index (χ3v) is 5.75. The van der Waals surface area contributed by atoms with Crippen molar-refractivity contribution in [3.8, 4) is 11.3 Å². The van der Waals surface area contributed by atoms with Crippen molar-refractivity contribution in [2.75, 3.05) is 20.2 Å². The molecule has 32 heavy (non-hydrogen) atoms. The van der Waals surface area contributed by atoms with Crippen molar-refractivity contribution in [3.63, 3.8) is 0 Å². The van der Waals surface area contributed by atoms with Crippen LogP contribution in [0.15, 0.2) is 24.3 Å². The van der Waals surface area contributed by atoms with Gasteiger partial charge in [0.2, 0.25) is 6.41 Å². The molecule has 0 unspecified atom stereocenters. The number of aromatic nitrogens is 2. The molecule has 2 heterocycles. The highest BCUT2D eigenvalue weighted by molar-refractivity contribution is 6.30. The second-order valence-corrected chi connectivity index (χ2v) is 8.36. The molecule has 1 aromatic heterocycles. The van der Waals surface area contributed by atoms with Crippen LogP contribution in [0.4, 0.5) is 8.78 Å². The Hall–Kier alpha value is -2.56. The predicted octanol–water partition coefficient (Wildman–Crippen LogP) is 2.50. The van der Waals surface area contributed by atoms with Gasteiger partial charge in [0.15, 0.2) is 0 Å². The largest absolute Gasteiger partial charge is 0.365 e. The van der Waals surface area contributed by atoms with Crippen molar-refractivity contribution in [2.24, 2.45) is 11.7 Å². The molecular formula is C21H26ClF2N5O3. The fraction of sp³-hybridized carbons (Fsp3) is 0.476. The van der Waals surface area contributed by atoms with E-state index in [1.807, 2.05) is 23.9 Å². The number of nitrogens with zero attached hydrogens (tertiary/aromatic N) is 3. The molecule has 0 radical (unpaired) electrons. The molecule has 0 saturated heterocycles. The number of fused-ring (bicyclic) bond motifs is 1. The Morgan fingerprint density at radius 1 is 1.41 bits per heavy atom. The quantitative estimate of drug-likeness (QED) is 0.606. The third-order valence-electron chi connectivity index (χ3n) is 5.51. The van der Waals surface area contributed by atoms with Gasteiger partial charge in [-0.15, -0.1) is 0 Å². The number of nitrogens with one attached hydrogen (secondary N) is 1. The first-order valence-electron chi connectivity index (χ1n) is 10.2. The topological polar surface area (TPSA) is 102 Å². The average molecular weight is 470 g/mol. The minimum atomic E-state index is -2.68. The molecule has 3 N–H and O–H groups in total. The zero-order valence-electron chi connectivity index (χ0n) is 17.6. The molecule has 1 fully saturated rings. The molecule has 0 spiro atoms. The van der Waals surface area contributed by atoms with Gasteiger partial charge in [0, 0.05) is 29.7 Å². The number of likely N-dealkylation sites (N-methyl/N-ethyl adjacent to an activating group) is 1. The second-order valence-electron chi connectivity index (χ2n) is 7.92. The summed E-state index contributed by atoms with van der Waals surface area (Å²) in [5, 5.41) is 7.74. The number of hydrogen-bond acceptors (Lipinski definition) is 5. The number of primary amides is 1. The Bertz CT molecular complexity index is 950. The number of carbonyl (C=O) groups is 2. The van der Waals surface area contributed by atoms with Gasteiger partial charge in [0.25, 0.3) is 5.91 Å². The van der Waals surface area contributed by atoms with Gasteiger partial charge >= 0.3 is 6.61 Å². The van der Waals surface area contributed by atoms with E-state index in [-0.39, 0.29) is 18.6 Å². The first kappa shape index (κ1) is 24.1. The van der Waals surface area contributed by atoms with Gasteiger partial charge in [0.05, 0.1) is 24.4 Å². The van der Waals surface area contributed by atoms with Crippen LogP contribution in [0.1, 0.15) is 28.9 Å². The van der Waals surface area contributed by atoms with Crippen molar-refractivity contribution in [2.45, 2.75) is 38.6 Å². The van der Waals surface area contributed by atoms with E-state index in [1.165, 1.54) is 0 Å². The molecule has 1 aliphatic heterocycles. The highest BCUT2D eigenvalue weighted by atomic mass is 35.5. The number of ether oxygens (including phenoxy) is 1. The zero-order valence-corrected chi connectivity index (χ0v) is 18.4. The van der Waals surface area contributed by atoms with Crippen molar-refractivity contribution in [3.05, 3.63) is 40.5 Å². The van der Waals surface area contributed by atoms with Crippen LogP contribution in [0.2, 0.25) is 5.02 Å². The Kier molecular flexibility index (Phi) is 8.16. The number of hydrogen-bond donors (Lipinski definition) is 2. The van der Waals surface area contributed by atoms with E-state index in [1.54, 1.807) is 12.1 Å². The van der Waals surface area contributed by atoms with Crippen molar-refractivity contribution < 1.29 is 23.1 Å². The minimum absolute atomic E-state index is 0.0920. The SMILES string of the molecule is CN1CCn2nc(-c3cccc(Cl)c3)c(C(N)=O)c2C1.O=CNC1CC(COC(F)F)C1. The summed E-state index contributed by atoms with van der Waals surface area (Å²) in [5.74, 6) is -0.270. The fourth-order valence-electron chi connectivity index (χ4n) is 3.85. The lowest BCUT2D eigenvalue weighted by molar-refractivity contribution is -0.145. The predicted molar refractivity (Wildman–Crippen MR) is 115 cm³/mol. The van der Waals surface area contributed by atoms with E-state index in [4.69, 9.17) is 17.3 Å². The molecule has 11 heteroatoms. The zero-order chi connectivity index (χ0) is 23.3. The lowest BCUT2D eigenvalue weighted by Crippen LogP contribution is -2.42. The maximum atomic E-state index is 11.8. The summed E-state index contributed by atoms with van der Waals surface area (Å²) in [7, 11) is 2.01. The second kappa shape index (κ2) is 10.8. The highest BCUT2D eigenvalue weighted by Crippen LogP contribution is 2.29. The Labute approximate surface area is 189 Å². The molecule has 1 aliphatic carbocycles. The average Bonchev–Trinajstić information content (AvgIpc) is 3.09. The van der Waals surface area contributed by atoms with Crippen LogP contribution in [0, 0.1) is 5.92 Å². The van der Waals surface area contributed by atoms with E-state index in [0.717, 1.165) is 37.2 Å². The molecule has 1 saturated carbocycles. The van der Waals surface area contributed by atoms with Crippen LogP contribution in [0.25, 0.3) is 11.3 Å². The molecular weight excluding hydrogens is 444 g/mol. The van der Waals surface area contributed by atoms with E-state index >= 15 is 0 Å². The first-order chi connectivity index (χ1) is 15.3. The third kappa shape index (κ3) is 6.02. The smallest absolute Gasteiger partial charge is 0.345 e. The molecule has 0 bridgehead atoms. The van der Waals surface area contributed by atoms with E-state index in [9.17, 15) is 18.4 Å². The monoisotopic (exact) mass is 469 g/mol. The Morgan fingerprint density at radius 2 is 2.16 bits per heavy atom. The molecule has 0 atom stereocenters. The number of rotatable bonds is 7. The number of nitrogens with two attached hydrogens (primary N) is 1. The van der Waals surface area contributed by atoms with Crippen molar-refractivity contribution >= 4 is 23.9 Å². The van der Waals surface area contributed by atoms with Crippen molar-refractivity contribution in [1.29, 1.82) is 0 Å². The number of benzene rings is 1. The molecule has 4 rings (SSSR count). The minimum Gasteiger partial charge on any atom is -0.365 e. The Morgan fingerprint density at radius 3 is 2.78 bits per heavy atom. The van der Waals surface area contributed by atoms with Gasteiger partial charge in [0.1, 0.15) is 5.69 Å². The summed E-state index contributed by atoms with van der Waals surface area (Å²) in [6.45, 7) is -0.252. The summed E-state index contributed by atoms with van der Waals surface area (Å²) in [4.78, 5) is 23.9. The number of halogens is 3. The van der Waals surface area contributed by atoms with Gasteiger partial charge in [-0.1, -0.05) is 23.7 Å². The molecule has 8 nitrogen and oxygen atoms in total. The molecule has 174 valence electrons. The maximum absolute atomic E-state index is 11.8. The maximum Gasteiger partial charge on any atom is 0.345 e. The molecule has 1 aromatic carbocycles. The fourth-order valence-corrected chi connectivity index (χ4v) is 4.04. The van der Waals surface area contributed by atoms with Gasteiger partial charge in [-0.05, 0) is 37.9 Å². The lowest BCUT2D eigenvalue weighted by Gasteiger charge is -2.34. The van der Waals surface area contributed by atoms with E-state index in [0.29, 0.717) is 29.2 Å².